The van der Waals surface area contributed by atoms with E-state index in [0.29, 0.717) is 12.3 Å². The number of esters is 1. The van der Waals surface area contributed by atoms with E-state index in [0.717, 1.165) is 43.3 Å². The van der Waals surface area contributed by atoms with Gasteiger partial charge in [-0.05, 0) is 44.4 Å². The first kappa shape index (κ1) is 32.2. The van der Waals surface area contributed by atoms with Crippen LogP contribution in [-0.2, 0) is 19.0 Å². The molecule has 2 aliphatic rings. The Morgan fingerprint density at radius 1 is 1.15 bits per heavy atom. The minimum absolute atomic E-state index is 0.112. The lowest BCUT2D eigenvalue weighted by atomic mass is 9.91. The van der Waals surface area contributed by atoms with Gasteiger partial charge >= 0.3 is 5.97 Å². The van der Waals surface area contributed by atoms with Crippen molar-refractivity contribution in [1.29, 1.82) is 0 Å². The van der Waals surface area contributed by atoms with Gasteiger partial charge in [0, 0.05) is 12.9 Å². The van der Waals surface area contributed by atoms with Crippen LogP contribution in [-0.4, -0.2) is 117 Å². The maximum absolute atomic E-state index is 13.1. The van der Waals surface area contributed by atoms with Crippen molar-refractivity contribution in [3.8, 4) is 17.2 Å². The number of benzene rings is 1. The summed E-state index contributed by atoms with van der Waals surface area (Å²) in [6.45, 7) is 4.36. The van der Waals surface area contributed by atoms with Crippen molar-refractivity contribution in [3.05, 3.63) is 17.7 Å². The van der Waals surface area contributed by atoms with Gasteiger partial charge < -0.3 is 55.5 Å². The highest BCUT2D eigenvalue weighted by Gasteiger charge is 2.49. The number of carbonyl (C=O) groups is 2. The molecule has 13 nitrogen and oxygen atoms in total. The SMILES string of the molecule is CCC[C@H]1CN[C@H](C(=O)N[C@@H]([C@H]2O[C@H](SCCOC(=O)c3cc(O)c(O)c(O)c3)[C@H](O)[C@@H](O)[C@H]2O)[C@@H](C)OC)C1. The Balaban J connectivity index is 1.60. The molecule has 0 aromatic heterocycles. The first-order valence-electron chi connectivity index (χ1n) is 13.3. The zero-order valence-electron chi connectivity index (χ0n) is 22.7. The van der Waals surface area contributed by atoms with Crippen molar-refractivity contribution in [2.45, 2.75) is 81.1 Å². The number of thioether (sulfide) groups is 1. The van der Waals surface area contributed by atoms with Crippen molar-refractivity contribution >= 4 is 23.6 Å². The van der Waals surface area contributed by atoms with Crippen molar-refractivity contribution in [2.24, 2.45) is 5.92 Å². The summed E-state index contributed by atoms with van der Waals surface area (Å²) < 4.78 is 16.5. The molecule has 14 heteroatoms. The molecule has 0 unspecified atom stereocenters. The van der Waals surface area contributed by atoms with E-state index in [2.05, 4.69) is 17.6 Å². The van der Waals surface area contributed by atoms with E-state index in [1.807, 2.05) is 0 Å². The Morgan fingerprint density at radius 2 is 1.82 bits per heavy atom. The Hall–Kier alpha value is -2.33. The highest BCUT2D eigenvalue weighted by Crippen LogP contribution is 2.36. The fourth-order valence-corrected chi connectivity index (χ4v) is 5.90. The molecule has 0 spiro atoms. The van der Waals surface area contributed by atoms with E-state index in [1.54, 1.807) is 6.92 Å². The van der Waals surface area contributed by atoms with Crippen LogP contribution in [0.1, 0.15) is 43.5 Å². The number of phenols is 3. The van der Waals surface area contributed by atoms with Crippen LogP contribution >= 0.6 is 11.8 Å². The van der Waals surface area contributed by atoms with E-state index in [9.17, 15) is 40.2 Å². The van der Waals surface area contributed by atoms with Crippen LogP contribution in [0.5, 0.6) is 17.2 Å². The van der Waals surface area contributed by atoms with E-state index < -0.39 is 71.3 Å². The number of ether oxygens (including phenoxy) is 3. The number of hydrogen-bond acceptors (Lipinski definition) is 13. The minimum atomic E-state index is -1.58. The fourth-order valence-electron chi connectivity index (χ4n) is 4.93. The summed E-state index contributed by atoms with van der Waals surface area (Å²) in [7, 11) is 1.45. The second kappa shape index (κ2) is 14.5. The second-order valence-electron chi connectivity index (χ2n) is 10.1. The van der Waals surface area contributed by atoms with Crippen molar-refractivity contribution < 1.29 is 54.4 Å². The number of aliphatic hydroxyl groups excluding tert-OH is 3. The van der Waals surface area contributed by atoms with E-state index in [4.69, 9.17) is 14.2 Å². The second-order valence-corrected chi connectivity index (χ2v) is 11.3. The van der Waals surface area contributed by atoms with Crippen LogP contribution in [0.15, 0.2) is 12.1 Å². The van der Waals surface area contributed by atoms with Gasteiger partial charge in [-0.25, -0.2) is 4.79 Å². The Morgan fingerprint density at radius 3 is 2.45 bits per heavy atom. The topological polar surface area (TPSA) is 207 Å². The first-order valence-corrected chi connectivity index (χ1v) is 14.3. The number of carbonyl (C=O) groups excluding carboxylic acids is 2. The monoisotopic (exact) mass is 588 g/mol. The van der Waals surface area contributed by atoms with Crippen LogP contribution in [0.2, 0.25) is 0 Å². The lowest BCUT2D eigenvalue weighted by Crippen LogP contribution is -2.66. The number of aliphatic hydroxyl groups is 3. The zero-order valence-corrected chi connectivity index (χ0v) is 23.5. The van der Waals surface area contributed by atoms with Gasteiger partial charge in [0.05, 0.1) is 23.8 Å². The number of amides is 1. The van der Waals surface area contributed by atoms with Gasteiger partial charge in [-0.15, -0.1) is 11.8 Å². The predicted octanol–water partition coefficient (Wildman–Crippen LogP) is -0.201. The summed E-state index contributed by atoms with van der Waals surface area (Å²) in [5.41, 5.74) is -1.22. The molecular formula is C26H40N2O11S. The molecule has 2 aliphatic heterocycles. The van der Waals surface area contributed by atoms with Gasteiger partial charge in [0.25, 0.3) is 0 Å². The molecule has 0 aliphatic carbocycles. The molecule has 2 saturated heterocycles. The molecule has 1 aromatic carbocycles. The third kappa shape index (κ3) is 7.69. The summed E-state index contributed by atoms with van der Waals surface area (Å²) in [6, 6.07) is 0.628. The van der Waals surface area contributed by atoms with Crippen LogP contribution < -0.4 is 10.6 Å². The van der Waals surface area contributed by atoms with Crippen molar-refractivity contribution in [3.63, 3.8) is 0 Å². The van der Waals surface area contributed by atoms with Crippen molar-refractivity contribution in [2.75, 3.05) is 26.0 Å². The van der Waals surface area contributed by atoms with Crippen LogP contribution in [0.25, 0.3) is 0 Å². The molecule has 9 atom stereocenters. The zero-order chi connectivity index (χ0) is 29.6. The quantitative estimate of drug-likeness (QED) is 0.0905. The first-order chi connectivity index (χ1) is 19.0. The molecule has 3 rings (SSSR count). The molecule has 0 bridgehead atoms. The maximum Gasteiger partial charge on any atom is 0.338 e. The third-order valence-electron chi connectivity index (χ3n) is 7.29. The van der Waals surface area contributed by atoms with Gasteiger partial charge in [0.15, 0.2) is 17.2 Å². The van der Waals surface area contributed by atoms with Gasteiger partial charge in [-0.3, -0.25) is 4.79 Å². The smallest absolute Gasteiger partial charge is 0.338 e. The highest BCUT2D eigenvalue weighted by molar-refractivity contribution is 7.99. The van der Waals surface area contributed by atoms with Gasteiger partial charge in [-0.2, -0.15) is 0 Å². The molecule has 1 amide bonds. The van der Waals surface area contributed by atoms with Gasteiger partial charge in [0.1, 0.15) is 36.5 Å². The summed E-state index contributed by atoms with van der Waals surface area (Å²) in [6.07, 6.45) is -3.58. The van der Waals surface area contributed by atoms with Crippen LogP contribution in [0, 0.1) is 5.92 Å². The summed E-state index contributed by atoms with van der Waals surface area (Å²) in [5.74, 6) is -2.77. The van der Waals surface area contributed by atoms with E-state index in [1.165, 1.54) is 7.11 Å². The lowest BCUT2D eigenvalue weighted by Gasteiger charge is -2.44. The number of hydrogen-bond donors (Lipinski definition) is 8. The average Bonchev–Trinajstić information content (AvgIpc) is 3.40. The molecular weight excluding hydrogens is 548 g/mol. The number of phenolic OH excluding ortho intramolecular Hbond substituents is 3. The maximum atomic E-state index is 13.1. The molecule has 2 fully saturated rings. The largest absolute Gasteiger partial charge is 0.504 e. The lowest BCUT2D eigenvalue weighted by molar-refractivity contribution is -0.212. The van der Waals surface area contributed by atoms with E-state index in [-0.39, 0.29) is 23.8 Å². The van der Waals surface area contributed by atoms with Crippen molar-refractivity contribution in [1.82, 2.24) is 10.6 Å². The van der Waals surface area contributed by atoms with Gasteiger partial charge in [-0.1, -0.05) is 13.3 Å². The predicted molar refractivity (Wildman–Crippen MR) is 144 cm³/mol. The summed E-state index contributed by atoms with van der Waals surface area (Å²) in [4.78, 5) is 25.3. The summed E-state index contributed by atoms with van der Waals surface area (Å²) >= 11 is 1.02. The molecule has 0 saturated carbocycles. The normalized spacial score (nSPS) is 30.0. The number of methoxy groups -OCH3 is 1. The molecule has 8 N–H and O–H groups in total. The van der Waals surface area contributed by atoms with Crippen LogP contribution in [0.4, 0.5) is 0 Å². The Labute approximate surface area is 236 Å². The Kier molecular flexibility index (Phi) is 11.7. The molecule has 1 aromatic rings. The molecule has 226 valence electrons. The third-order valence-corrected chi connectivity index (χ3v) is 8.41. The number of aromatic hydroxyl groups is 3. The van der Waals surface area contributed by atoms with Crippen LogP contribution in [0.3, 0.4) is 0 Å². The number of rotatable bonds is 12. The average molecular weight is 589 g/mol. The highest BCUT2D eigenvalue weighted by atomic mass is 32.2. The number of nitrogens with one attached hydrogen (secondary N) is 2. The summed E-state index contributed by atoms with van der Waals surface area (Å²) in [5, 5.41) is 66.6. The minimum Gasteiger partial charge on any atom is -0.504 e. The van der Waals surface area contributed by atoms with Gasteiger partial charge in [0.2, 0.25) is 5.91 Å². The van der Waals surface area contributed by atoms with E-state index >= 15 is 0 Å². The molecule has 40 heavy (non-hydrogen) atoms. The molecule has 2 heterocycles. The molecule has 0 radical (unpaired) electrons. The Bertz CT molecular complexity index is 992. The fraction of sp³-hybridized carbons (Fsp3) is 0.692. The standard InChI is InChI=1S/C26H40N2O11S/c1-4-5-13-8-15(27-11-13)24(35)28-18(12(2)37-3)23-21(33)20(32)22(34)26(39-23)40-7-6-38-25(36)14-9-16(29)19(31)17(30)10-14/h9-10,12-13,15,18,20-23,26-27,29-34H,4-8,11H2,1-3H3,(H,28,35)/t12-,13-,15+,18-,20+,21-,22-,23-,26-/m1/s1.